The Kier molecular flexibility index (Phi) is 5.51. The average Bonchev–Trinajstić information content (AvgIpc) is 2.74. The van der Waals surface area contributed by atoms with Crippen molar-refractivity contribution in [3.63, 3.8) is 0 Å². The van der Waals surface area contributed by atoms with Gasteiger partial charge in [0.25, 0.3) is 0 Å². The number of halogens is 1. The predicted molar refractivity (Wildman–Crippen MR) is 103 cm³/mol. The number of rotatable bonds is 5. The number of morpholine rings is 1. The van der Waals surface area contributed by atoms with E-state index in [2.05, 4.69) is 39.1 Å². The van der Waals surface area contributed by atoms with Crippen LogP contribution in [0.3, 0.4) is 0 Å². The summed E-state index contributed by atoms with van der Waals surface area (Å²) in [4.78, 5) is 11.3. The van der Waals surface area contributed by atoms with Gasteiger partial charge >= 0.3 is 0 Å². The van der Waals surface area contributed by atoms with Gasteiger partial charge in [0.05, 0.1) is 30.4 Å². The maximum Gasteiger partial charge on any atom is 0.132 e. The molecule has 3 aromatic rings. The summed E-state index contributed by atoms with van der Waals surface area (Å²) < 4.78 is 20.0. The van der Waals surface area contributed by atoms with Crippen molar-refractivity contribution in [2.75, 3.05) is 26.2 Å². The van der Waals surface area contributed by atoms with Crippen molar-refractivity contribution in [3.8, 4) is 11.3 Å². The molecule has 0 spiro atoms. The first-order valence-corrected chi connectivity index (χ1v) is 9.24. The van der Waals surface area contributed by atoms with E-state index in [1.807, 2.05) is 6.07 Å². The maximum atomic E-state index is 14.1. The van der Waals surface area contributed by atoms with Crippen LogP contribution in [0.25, 0.3) is 11.3 Å². The third-order valence-corrected chi connectivity index (χ3v) is 4.84. The molecule has 4 nitrogen and oxygen atoms in total. The van der Waals surface area contributed by atoms with Crippen molar-refractivity contribution in [2.24, 2.45) is 0 Å². The van der Waals surface area contributed by atoms with E-state index in [-0.39, 0.29) is 11.9 Å². The van der Waals surface area contributed by atoms with Gasteiger partial charge in [-0.05, 0) is 24.1 Å². The Hall–Kier alpha value is -2.63. The Bertz CT molecular complexity index is 887. The lowest BCUT2D eigenvalue weighted by Crippen LogP contribution is -2.39. The molecule has 0 N–H and O–H groups in total. The van der Waals surface area contributed by atoms with Crippen LogP contribution in [0.1, 0.15) is 17.4 Å². The maximum absolute atomic E-state index is 14.1. The molecule has 1 atom stereocenters. The third kappa shape index (κ3) is 4.38. The number of benzene rings is 2. The van der Waals surface area contributed by atoms with Gasteiger partial charge in [-0.25, -0.2) is 9.37 Å². The van der Waals surface area contributed by atoms with E-state index in [0.717, 1.165) is 31.7 Å². The Morgan fingerprint density at radius 3 is 2.70 bits per heavy atom. The zero-order valence-corrected chi connectivity index (χ0v) is 15.1. The molecule has 5 heteroatoms. The van der Waals surface area contributed by atoms with Gasteiger partial charge in [0, 0.05) is 25.2 Å². The Morgan fingerprint density at radius 2 is 1.85 bits per heavy atom. The topological polar surface area (TPSA) is 38.2 Å². The summed E-state index contributed by atoms with van der Waals surface area (Å²) >= 11 is 0. The summed E-state index contributed by atoms with van der Waals surface area (Å²) in [6.07, 6.45) is 4.18. The SMILES string of the molecule is Fc1ccccc1-c1cncc([C@H]2CN(CCc3ccccc3)CCO2)n1. The zero-order chi connectivity index (χ0) is 18.5. The first kappa shape index (κ1) is 17.8. The van der Waals surface area contributed by atoms with Crippen LogP contribution in [0, 0.1) is 5.82 Å². The standard InChI is InChI=1S/C22H22FN3O/c23-19-9-5-4-8-18(19)20-14-24-15-21(25-20)22-16-26(12-13-27-22)11-10-17-6-2-1-3-7-17/h1-9,14-15,22H,10-13,16H2/t22-/m1/s1. The second-order valence-corrected chi connectivity index (χ2v) is 6.70. The minimum absolute atomic E-state index is 0.145. The summed E-state index contributed by atoms with van der Waals surface area (Å²) in [7, 11) is 0. The highest BCUT2D eigenvalue weighted by Crippen LogP contribution is 2.24. The van der Waals surface area contributed by atoms with Crippen molar-refractivity contribution in [2.45, 2.75) is 12.5 Å². The lowest BCUT2D eigenvalue weighted by atomic mass is 10.1. The van der Waals surface area contributed by atoms with Crippen LogP contribution >= 0.6 is 0 Å². The first-order chi connectivity index (χ1) is 13.3. The van der Waals surface area contributed by atoms with Gasteiger partial charge in [-0.1, -0.05) is 42.5 Å². The largest absolute Gasteiger partial charge is 0.369 e. The Balaban J connectivity index is 1.45. The highest BCUT2D eigenvalue weighted by molar-refractivity contribution is 5.58. The molecule has 0 aliphatic carbocycles. The normalized spacial score (nSPS) is 17.7. The van der Waals surface area contributed by atoms with Gasteiger partial charge in [-0.2, -0.15) is 0 Å². The number of hydrogen-bond donors (Lipinski definition) is 0. The van der Waals surface area contributed by atoms with Crippen LogP contribution in [0.15, 0.2) is 67.0 Å². The Labute approximate surface area is 158 Å². The van der Waals surface area contributed by atoms with Crippen molar-refractivity contribution in [3.05, 3.63) is 84.1 Å². The molecule has 0 saturated carbocycles. The molecular formula is C22H22FN3O. The van der Waals surface area contributed by atoms with Gasteiger partial charge in [0.15, 0.2) is 0 Å². The van der Waals surface area contributed by atoms with Gasteiger partial charge in [0.2, 0.25) is 0 Å². The Morgan fingerprint density at radius 1 is 1.04 bits per heavy atom. The van der Waals surface area contributed by atoms with Gasteiger partial charge in [0.1, 0.15) is 11.9 Å². The number of ether oxygens (including phenoxy) is 1. The molecule has 1 saturated heterocycles. The summed E-state index contributed by atoms with van der Waals surface area (Å²) in [5, 5.41) is 0. The minimum Gasteiger partial charge on any atom is -0.369 e. The second-order valence-electron chi connectivity index (χ2n) is 6.70. The molecule has 0 amide bonds. The van der Waals surface area contributed by atoms with E-state index in [0.29, 0.717) is 17.9 Å². The summed E-state index contributed by atoms with van der Waals surface area (Å²) in [5.74, 6) is -0.294. The number of aromatic nitrogens is 2. The zero-order valence-electron chi connectivity index (χ0n) is 15.1. The van der Waals surface area contributed by atoms with E-state index >= 15 is 0 Å². The van der Waals surface area contributed by atoms with E-state index in [9.17, 15) is 4.39 Å². The van der Waals surface area contributed by atoms with Gasteiger partial charge in [-0.15, -0.1) is 0 Å². The molecule has 0 unspecified atom stereocenters. The van der Waals surface area contributed by atoms with Gasteiger partial charge < -0.3 is 4.74 Å². The van der Waals surface area contributed by atoms with Crippen LogP contribution in [-0.2, 0) is 11.2 Å². The molecule has 138 valence electrons. The predicted octanol–water partition coefficient (Wildman–Crippen LogP) is 3.90. The molecule has 2 aromatic carbocycles. The lowest BCUT2D eigenvalue weighted by molar-refractivity contribution is -0.0317. The average molecular weight is 363 g/mol. The molecule has 1 fully saturated rings. The molecule has 1 aliphatic heterocycles. The molecule has 1 aromatic heterocycles. The summed E-state index contributed by atoms with van der Waals surface area (Å²) in [6.45, 7) is 3.31. The highest BCUT2D eigenvalue weighted by Gasteiger charge is 2.23. The fourth-order valence-corrected chi connectivity index (χ4v) is 3.35. The molecule has 0 bridgehead atoms. The minimum atomic E-state index is -0.294. The third-order valence-electron chi connectivity index (χ3n) is 4.84. The fraction of sp³-hybridized carbons (Fsp3) is 0.273. The molecule has 2 heterocycles. The van der Waals surface area contributed by atoms with Crippen molar-refractivity contribution >= 4 is 0 Å². The van der Waals surface area contributed by atoms with E-state index in [4.69, 9.17) is 4.74 Å². The first-order valence-electron chi connectivity index (χ1n) is 9.24. The summed E-state index contributed by atoms with van der Waals surface area (Å²) in [6, 6.07) is 17.1. The van der Waals surface area contributed by atoms with E-state index < -0.39 is 0 Å². The molecule has 0 radical (unpaired) electrons. The van der Waals surface area contributed by atoms with Crippen LogP contribution in [0.4, 0.5) is 4.39 Å². The van der Waals surface area contributed by atoms with Crippen LogP contribution in [0.5, 0.6) is 0 Å². The molecule has 4 rings (SSSR count). The fourth-order valence-electron chi connectivity index (χ4n) is 3.35. The van der Waals surface area contributed by atoms with Crippen molar-refractivity contribution < 1.29 is 9.13 Å². The number of nitrogens with zero attached hydrogens (tertiary/aromatic N) is 3. The van der Waals surface area contributed by atoms with Crippen molar-refractivity contribution in [1.82, 2.24) is 14.9 Å². The second kappa shape index (κ2) is 8.37. The van der Waals surface area contributed by atoms with Crippen LogP contribution in [0.2, 0.25) is 0 Å². The smallest absolute Gasteiger partial charge is 0.132 e. The monoisotopic (exact) mass is 363 g/mol. The van der Waals surface area contributed by atoms with Crippen LogP contribution in [-0.4, -0.2) is 41.1 Å². The van der Waals surface area contributed by atoms with Gasteiger partial charge in [-0.3, -0.25) is 9.88 Å². The molecule has 1 aliphatic rings. The number of hydrogen-bond acceptors (Lipinski definition) is 4. The molecular weight excluding hydrogens is 341 g/mol. The van der Waals surface area contributed by atoms with Crippen LogP contribution < -0.4 is 0 Å². The lowest BCUT2D eigenvalue weighted by Gasteiger charge is -2.32. The molecule has 27 heavy (non-hydrogen) atoms. The van der Waals surface area contributed by atoms with Crippen molar-refractivity contribution in [1.29, 1.82) is 0 Å². The van der Waals surface area contributed by atoms with E-state index in [1.165, 1.54) is 11.6 Å². The highest BCUT2D eigenvalue weighted by atomic mass is 19.1. The summed E-state index contributed by atoms with van der Waals surface area (Å²) in [5.41, 5.74) is 3.08. The van der Waals surface area contributed by atoms with E-state index in [1.54, 1.807) is 30.6 Å². The quantitative estimate of drug-likeness (QED) is 0.689.